The predicted octanol–water partition coefficient (Wildman–Crippen LogP) is 2.83. The minimum absolute atomic E-state index is 0.140. The van der Waals surface area contributed by atoms with Gasteiger partial charge in [-0.3, -0.25) is 9.59 Å². The van der Waals surface area contributed by atoms with E-state index in [9.17, 15) is 9.59 Å². The van der Waals surface area contributed by atoms with E-state index < -0.39 is 0 Å². The summed E-state index contributed by atoms with van der Waals surface area (Å²) >= 11 is 3.33. The molecule has 2 aromatic carbocycles. The van der Waals surface area contributed by atoms with E-state index in [-0.39, 0.29) is 18.4 Å². The predicted molar refractivity (Wildman–Crippen MR) is 88.1 cm³/mol. The molecule has 6 heteroatoms. The lowest BCUT2D eigenvalue weighted by atomic mass is 10.1. The molecule has 0 radical (unpaired) electrons. The van der Waals surface area contributed by atoms with Crippen molar-refractivity contribution < 1.29 is 14.3 Å². The van der Waals surface area contributed by atoms with Crippen LogP contribution in [0.15, 0.2) is 53.0 Å². The monoisotopic (exact) mass is 362 g/mol. The summed E-state index contributed by atoms with van der Waals surface area (Å²) in [5.41, 5.74) is 0.852. The molecular formula is C16H15BrN2O3. The highest BCUT2D eigenvalue weighted by Crippen LogP contribution is 2.18. The van der Waals surface area contributed by atoms with Crippen molar-refractivity contribution in [2.45, 2.75) is 0 Å². The number of hydrogen-bond acceptors (Lipinski definition) is 3. The Morgan fingerprint density at radius 3 is 2.64 bits per heavy atom. The van der Waals surface area contributed by atoms with Crippen molar-refractivity contribution in [1.82, 2.24) is 5.32 Å². The van der Waals surface area contributed by atoms with E-state index >= 15 is 0 Å². The molecule has 2 N–H and O–H groups in total. The summed E-state index contributed by atoms with van der Waals surface area (Å²) in [4.78, 5) is 23.7. The first-order chi connectivity index (χ1) is 10.6. The second kappa shape index (κ2) is 7.61. The number of para-hydroxylation sites is 1. The Hall–Kier alpha value is -2.34. The fraction of sp³-hybridized carbons (Fsp3) is 0.125. The normalized spacial score (nSPS) is 9.91. The van der Waals surface area contributed by atoms with Gasteiger partial charge in [-0.2, -0.15) is 0 Å². The van der Waals surface area contributed by atoms with E-state index in [1.807, 2.05) is 12.1 Å². The van der Waals surface area contributed by atoms with Gasteiger partial charge in [0.1, 0.15) is 5.75 Å². The second-order valence-corrected chi connectivity index (χ2v) is 5.33. The number of hydrogen-bond donors (Lipinski definition) is 2. The lowest BCUT2D eigenvalue weighted by molar-refractivity contribution is -0.118. The highest BCUT2D eigenvalue weighted by atomic mass is 79.9. The Balaban J connectivity index is 1.99. The van der Waals surface area contributed by atoms with Crippen LogP contribution in [-0.2, 0) is 4.79 Å². The largest absolute Gasteiger partial charge is 0.484 e. The smallest absolute Gasteiger partial charge is 0.262 e. The third kappa shape index (κ3) is 4.33. The molecule has 2 rings (SSSR count). The first-order valence-electron chi connectivity index (χ1n) is 6.59. The summed E-state index contributed by atoms with van der Waals surface area (Å²) in [6.07, 6.45) is 0. The number of halogens is 1. The summed E-state index contributed by atoms with van der Waals surface area (Å²) in [6.45, 7) is -0.140. The maximum atomic E-state index is 12.0. The van der Waals surface area contributed by atoms with E-state index in [1.54, 1.807) is 36.4 Å². The van der Waals surface area contributed by atoms with Gasteiger partial charge in [0, 0.05) is 11.5 Å². The number of rotatable bonds is 5. The fourth-order valence-corrected chi connectivity index (χ4v) is 2.19. The summed E-state index contributed by atoms with van der Waals surface area (Å²) in [7, 11) is 1.54. The Labute approximate surface area is 136 Å². The van der Waals surface area contributed by atoms with Crippen LogP contribution in [0, 0.1) is 0 Å². The SMILES string of the molecule is CNC(=O)c1ccccc1NC(=O)COc1cccc(Br)c1. The topological polar surface area (TPSA) is 67.4 Å². The number of benzene rings is 2. The molecule has 0 spiro atoms. The van der Waals surface area contributed by atoms with E-state index in [0.717, 1.165) is 4.47 Å². The van der Waals surface area contributed by atoms with Crippen LogP contribution in [-0.4, -0.2) is 25.5 Å². The molecule has 0 saturated heterocycles. The van der Waals surface area contributed by atoms with Gasteiger partial charge in [0.05, 0.1) is 11.3 Å². The Morgan fingerprint density at radius 2 is 1.91 bits per heavy atom. The van der Waals surface area contributed by atoms with Gasteiger partial charge < -0.3 is 15.4 Å². The van der Waals surface area contributed by atoms with Crippen molar-refractivity contribution in [1.29, 1.82) is 0 Å². The Kier molecular flexibility index (Phi) is 5.55. The van der Waals surface area contributed by atoms with Crippen molar-refractivity contribution in [3.05, 3.63) is 58.6 Å². The summed E-state index contributed by atoms with van der Waals surface area (Å²) in [6, 6.07) is 14.0. The first kappa shape index (κ1) is 16.0. The number of ether oxygens (including phenoxy) is 1. The molecule has 114 valence electrons. The molecule has 0 aromatic heterocycles. The van der Waals surface area contributed by atoms with Gasteiger partial charge in [-0.1, -0.05) is 34.1 Å². The molecule has 0 atom stereocenters. The van der Waals surface area contributed by atoms with Crippen LogP contribution in [0.4, 0.5) is 5.69 Å². The third-order valence-electron chi connectivity index (χ3n) is 2.84. The molecule has 0 saturated carbocycles. The Bertz CT molecular complexity index is 689. The molecule has 5 nitrogen and oxygen atoms in total. The molecule has 0 aliphatic heterocycles. The number of nitrogens with one attached hydrogen (secondary N) is 2. The molecule has 0 fully saturated rings. The standard InChI is InChI=1S/C16H15BrN2O3/c1-18-16(21)13-7-2-3-8-14(13)19-15(20)10-22-12-6-4-5-11(17)9-12/h2-9H,10H2,1H3,(H,18,21)(H,19,20). The van der Waals surface area contributed by atoms with Gasteiger partial charge in [0.15, 0.2) is 6.61 Å². The molecule has 0 bridgehead atoms. The first-order valence-corrected chi connectivity index (χ1v) is 7.39. The average Bonchev–Trinajstić information content (AvgIpc) is 2.53. The molecule has 0 aliphatic carbocycles. The highest BCUT2D eigenvalue weighted by molar-refractivity contribution is 9.10. The van der Waals surface area contributed by atoms with Gasteiger partial charge in [0.25, 0.3) is 11.8 Å². The molecular weight excluding hydrogens is 348 g/mol. The van der Waals surface area contributed by atoms with Crippen LogP contribution in [0.1, 0.15) is 10.4 Å². The van der Waals surface area contributed by atoms with E-state index in [0.29, 0.717) is 17.0 Å². The van der Waals surface area contributed by atoms with Crippen LogP contribution in [0.3, 0.4) is 0 Å². The van der Waals surface area contributed by atoms with Gasteiger partial charge in [0.2, 0.25) is 0 Å². The number of carbonyl (C=O) groups excluding carboxylic acids is 2. The van der Waals surface area contributed by atoms with Gasteiger partial charge in [-0.25, -0.2) is 0 Å². The van der Waals surface area contributed by atoms with Crippen molar-refractivity contribution in [2.75, 3.05) is 19.0 Å². The number of carbonyl (C=O) groups is 2. The summed E-state index contributed by atoms with van der Waals surface area (Å²) < 4.78 is 6.28. The van der Waals surface area contributed by atoms with Crippen LogP contribution < -0.4 is 15.4 Å². The maximum Gasteiger partial charge on any atom is 0.262 e. The van der Waals surface area contributed by atoms with Crippen molar-refractivity contribution in [2.24, 2.45) is 0 Å². The van der Waals surface area contributed by atoms with Crippen LogP contribution in [0.5, 0.6) is 5.75 Å². The van der Waals surface area contributed by atoms with Gasteiger partial charge >= 0.3 is 0 Å². The summed E-state index contributed by atoms with van der Waals surface area (Å²) in [5, 5.41) is 5.21. The van der Waals surface area contributed by atoms with E-state index in [1.165, 1.54) is 7.05 Å². The maximum absolute atomic E-state index is 12.0. The van der Waals surface area contributed by atoms with Crippen LogP contribution in [0.2, 0.25) is 0 Å². The lowest BCUT2D eigenvalue weighted by Gasteiger charge is -2.11. The second-order valence-electron chi connectivity index (χ2n) is 4.42. The van der Waals surface area contributed by atoms with Gasteiger partial charge in [-0.05, 0) is 30.3 Å². The summed E-state index contributed by atoms with van der Waals surface area (Å²) in [5.74, 6) is -0.00996. The average molecular weight is 363 g/mol. The van der Waals surface area contributed by atoms with Gasteiger partial charge in [-0.15, -0.1) is 0 Å². The lowest BCUT2D eigenvalue weighted by Crippen LogP contribution is -2.24. The molecule has 0 aliphatic rings. The number of amides is 2. The molecule has 2 aromatic rings. The third-order valence-corrected chi connectivity index (χ3v) is 3.33. The van der Waals surface area contributed by atoms with Crippen molar-refractivity contribution in [3.63, 3.8) is 0 Å². The zero-order valence-electron chi connectivity index (χ0n) is 11.9. The fourth-order valence-electron chi connectivity index (χ4n) is 1.82. The van der Waals surface area contributed by atoms with Crippen LogP contribution in [0.25, 0.3) is 0 Å². The van der Waals surface area contributed by atoms with E-state index in [4.69, 9.17) is 4.74 Å². The highest BCUT2D eigenvalue weighted by Gasteiger charge is 2.12. The number of anilines is 1. The van der Waals surface area contributed by atoms with Crippen molar-refractivity contribution >= 4 is 33.4 Å². The molecule has 0 heterocycles. The molecule has 2 amide bonds. The molecule has 0 unspecified atom stereocenters. The zero-order chi connectivity index (χ0) is 15.9. The molecule has 22 heavy (non-hydrogen) atoms. The van der Waals surface area contributed by atoms with E-state index in [2.05, 4.69) is 26.6 Å². The minimum Gasteiger partial charge on any atom is -0.484 e. The quantitative estimate of drug-likeness (QED) is 0.859. The minimum atomic E-state index is -0.337. The van der Waals surface area contributed by atoms with Crippen molar-refractivity contribution in [3.8, 4) is 5.75 Å². The zero-order valence-corrected chi connectivity index (χ0v) is 13.5. The van der Waals surface area contributed by atoms with Crippen LogP contribution >= 0.6 is 15.9 Å². The Morgan fingerprint density at radius 1 is 1.14 bits per heavy atom.